The SMILES string of the molecule is COc1cc(C)cc(NC(=O)N2CCC[C@@H](n3cc(C)cn3)C2)c1C. The Balaban J connectivity index is 1.72. The first kappa shape index (κ1) is 17.3. The fourth-order valence-corrected chi connectivity index (χ4v) is 3.35. The molecule has 6 heteroatoms. The van der Waals surface area contributed by atoms with Crippen molar-refractivity contribution in [2.75, 3.05) is 25.5 Å². The molecule has 2 heterocycles. The number of aromatic nitrogens is 2. The summed E-state index contributed by atoms with van der Waals surface area (Å²) in [4.78, 5) is 14.6. The molecular weight excluding hydrogens is 316 g/mol. The monoisotopic (exact) mass is 342 g/mol. The van der Waals surface area contributed by atoms with Crippen LogP contribution in [0.4, 0.5) is 10.5 Å². The number of anilines is 1. The molecule has 1 aliphatic heterocycles. The van der Waals surface area contributed by atoms with E-state index >= 15 is 0 Å². The lowest BCUT2D eigenvalue weighted by Gasteiger charge is -2.33. The van der Waals surface area contributed by atoms with Crippen LogP contribution in [0.5, 0.6) is 5.75 Å². The number of nitrogens with one attached hydrogen (secondary N) is 1. The molecule has 0 unspecified atom stereocenters. The van der Waals surface area contributed by atoms with E-state index in [-0.39, 0.29) is 12.1 Å². The van der Waals surface area contributed by atoms with Crippen molar-refractivity contribution in [1.82, 2.24) is 14.7 Å². The van der Waals surface area contributed by atoms with Gasteiger partial charge in [0.15, 0.2) is 0 Å². The number of carbonyl (C=O) groups is 1. The lowest BCUT2D eigenvalue weighted by molar-refractivity contribution is 0.174. The standard InChI is InChI=1S/C19H26N4O2/c1-13-8-17(15(3)18(9-13)25-4)21-19(24)22-7-5-6-16(12-22)23-11-14(2)10-20-23/h8-11,16H,5-7,12H2,1-4H3,(H,21,24)/t16-/m1/s1. The second kappa shape index (κ2) is 7.17. The molecule has 2 aromatic rings. The number of nitrogens with zero attached hydrogens (tertiary/aromatic N) is 3. The highest BCUT2D eigenvalue weighted by atomic mass is 16.5. The van der Waals surface area contributed by atoms with Gasteiger partial charge in [0, 0.05) is 30.5 Å². The Kier molecular flexibility index (Phi) is 4.97. The van der Waals surface area contributed by atoms with Crippen LogP contribution in [0.25, 0.3) is 0 Å². The Morgan fingerprint density at radius 1 is 1.28 bits per heavy atom. The summed E-state index contributed by atoms with van der Waals surface area (Å²) in [7, 11) is 1.65. The van der Waals surface area contributed by atoms with E-state index < -0.39 is 0 Å². The highest BCUT2D eigenvalue weighted by molar-refractivity contribution is 5.90. The lowest BCUT2D eigenvalue weighted by Crippen LogP contribution is -2.43. The minimum atomic E-state index is -0.0654. The minimum Gasteiger partial charge on any atom is -0.496 e. The summed E-state index contributed by atoms with van der Waals surface area (Å²) in [6, 6.07) is 4.13. The molecule has 1 aromatic carbocycles. The first-order valence-corrected chi connectivity index (χ1v) is 8.70. The molecule has 3 rings (SSSR count). The number of likely N-dealkylation sites (tertiary alicyclic amines) is 1. The summed E-state index contributed by atoms with van der Waals surface area (Å²) in [6.45, 7) is 7.43. The molecule has 6 nitrogen and oxygen atoms in total. The number of urea groups is 1. The first-order chi connectivity index (χ1) is 12.0. The van der Waals surface area contributed by atoms with Gasteiger partial charge in [-0.1, -0.05) is 0 Å². The molecule has 134 valence electrons. The number of amides is 2. The van der Waals surface area contributed by atoms with Crippen LogP contribution in [-0.4, -0.2) is 40.9 Å². The van der Waals surface area contributed by atoms with E-state index in [1.54, 1.807) is 7.11 Å². The van der Waals surface area contributed by atoms with E-state index in [0.717, 1.165) is 47.5 Å². The van der Waals surface area contributed by atoms with Gasteiger partial charge in [-0.25, -0.2) is 4.79 Å². The van der Waals surface area contributed by atoms with E-state index in [1.807, 2.05) is 54.9 Å². The fourth-order valence-electron chi connectivity index (χ4n) is 3.35. The number of aryl methyl sites for hydroxylation is 2. The largest absolute Gasteiger partial charge is 0.496 e. The molecule has 1 fully saturated rings. The van der Waals surface area contributed by atoms with Crippen LogP contribution < -0.4 is 10.1 Å². The third-order valence-electron chi connectivity index (χ3n) is 4.75. The highest BCUT2D eigenvalue weighted by Crippen LogP contribution is 2.28. The van der Waals surface area contributed by atoms with Crippen LogP contribution in [-0.2, 0) is 0 Å². The molecule has 1 atom stereocenters. The fraction of sp³-hybridized carbons (Fsp3) is 0.474. The van der Waals surface area contributed by atoms with Crippen molar-refractivity contribution in [3.05, 3.63) is 41.2 Å². The number of piperidine rings is 1. The van der Waals surface area contributed by atoms with Crippen molar-refractivity contribution >= 4 is 11.7 Å². The summed E-state index contributed by atoms with van der Waals surface area (Å²) in [5.41, 5.74) is 3.95. The number of ether oxygens (including phenoxy) is 1. The van der Waals surface area contributed by atoms with Gasteiger partial charge < -0.3 is 15.0 Å². The number of carbonyl (C=O) groups excluding carboxylic acids is 1. The first-order valence-electron chi connectivity index (χ1n) is 8.70. The summed E-state index contributed by atoms with van der Waals surface area (Å²) in [5, 5.41) is 7.46. The van der Waals surface area contributed by atoms with Gasteiger partial charge in [-0.15, -0.1) is 0 Å². The van der Waals surface area contributed by atoms with Crippen LogP contribution in [0.1, 0.15) is 35.6 Å². The molecule has 1 saturated heterocycles. The second-order valence-electron chi connectivity index (χ2n) is 6.81. The minimum absolute atomic E-state index is 0.0654. The van der Waals surface area contributed by atoms with E-state index in [0.29, 0.717) is 6.54 Å². The van der Waals surface area contributed by atoms with Gasteiger partial charge in [0.25, 0.3) is 0 Å². The van der Waals surface area contributed by atoms with E-state index in [9.17, 15) is 4.79 Å². The maximum absolute atomic E-state index is 12.8. The van der Waals surface area contributed by atoms with Crippen LogP contribution in [0.15, 0.2) is 24.5 Å². The zero-order valence-electron chi connectivity index (χ0n) is 15.4. The van der Waals surface area contributed by atoms with Crippen molar-refractivity contribution in [2.24, 2.45) is 0 Å². The van der Waals surface area contributed by atoms with E-state index in [2.05, 4.69) is 10.4 Å². The van der Waals surface area contributed by atoms with Crippen molar-refractivity contribution in [3.63, 3.8) is 0 Å². The van der Waals surface area contributed by atoms with Crippen LogP contribution in [0.3, 0.4) is 0 Å². The summed E-state index contributed by atoms with van der Waals surface area (Å²) >= 11 is 0. The Morgan fingerprint density at radius 3 is 2.76 bits per heavy atom. The Hall–Kier alpha value is -2.50. The molecule has 0 radical (unpaired) electrons. The van der Waals surface area contributed by atoms with Gasteiger partial charge in [-0.05, 0) is 56.9 Å². The third kappa shape index (κ3) is 3.78. The molecule has 1 N–H and O–H groups in total. The van der Waals surface area contributed by atoms with Crippen molar-refractivity contribution < 1.29 is 9.53 Å². The molecule has 1 aromatic heterocycles. The van der Waals surface area contributed by atoms with Gasteiger partial charge >= 0.3 is 6.03 Å². The summed E-state index contributed by atoms with van der Waals surface area (Å²) < 4.78 is 7.38. The zero-order valence-corrected chi connectivity index (χ0v) is 15.4. The Bertz CT molecular complexity index is 769. The van der Waals surface area contributed by atoms with Crippen LogP contribution >= 0.6 is 0 Å². The Morgan fingerprint density at radius 2 is 2.08 bits per heavy atom. The van der Waals surface area contributed by atoms with Crippen LogP contribution in [0.2, 0.25) is 0 Å². The predicted molar refractivity (Wildman–Crippen MR) is 98.3 cm³/mol. The molecule has 0 saturated carbocycles. The summed E-state index contributed by atoms with van der Waals surface area (Å²) in [6.07, 6.45) is 5.93. The molecule has 2 amide bonds. The maximum atomic E-state index is 12.8. The number of hydrogen-bond acceptors (Lipinski definition) is 3. The van der Waals surface area contributed by atoms with E-state index in [4.69, 9.17) is 4.74 Å². The zero-order chi connectivity index (χ0) is 18.0. The van der Waals surface area contributed by atoms with Crippen molar-refractivity contribution in [2.45, 2.75) is 39.7 Å². The average Bonchev–Trinajstić information content (AvgIpc) is 3.04. The topological polar surface area (TPSA) is 59.4 Å². The quantitative estimate of drug-likeness (QED) is 0.925. The van der Waals surface area contributed by atoms with Gasteiger partial charge in [0.05, 0.1) is 19.3 Å². The molecule has 1 aliphatic rings. The average molecular weight is 342 g/mol. The predicted octanol–water partition coefficient (Wildman–Crippen LogP) is 3.69. The van der Waals surface area contributed by atoms with Gasteiger partial charge in [0.1, 0.15) is 5.75 Å². The molecule has 0 aliphatic carbocycles. The second-order valence-corrected chi connectivity index (χ2v) is 6.81. The van der Waals surface area contributed by atoms with E-state index in [1.165, 1.54) is 0 Å². The number of hydrogen-bond donors (Lipinski definition) is 1. The Labute approximate surface area is 148 Å². The van der Waals surface area contributed by atoms with Crippen LogP contribution in [0, 0.1) is 20.8 Å². The van der Waals surface area contributed by atoms with Gasteiger partial charge in [0.2, 0.25) is 0 Å². The van der Waals surface area contributed by atoms with Gasteiger partial charge in [-0.2, -0.15) is 5.10 Å². The molecule has 25 heavy (non-hydrogen) atoms. The molecular formula is C19H26N4O2. The van der Waals surface area contributed by atoms with Crippen molar-refractivity contribution in [3.8, 4) is 5.75 Å². The summed E-state index contributed by atoms with van der Waals surface area (Å²) in [5.74, 6) is 0.791. The highest BCUT2D eigenvalue weighted by Gasteiger charge is 2.25. The molecule has 0 bridgehead atoms. The number of benzene rings is 1. The number of methoxy groups -OCH3 is 1. The normalized spacial score (nSPS) is 17.4. The third-order valence-corrected chi connectivity index (χ3v) is 4.75. The smallest absolute Gasteiger partial charge is 0.321 e. The van der Waals surface area contributed by atoms with Gasteiger partial charge in [-0.3, -0.25) is 4.68 Å². The maximum Gasteiger partial charge on any atom is 0.321 e. The van der Waals surface area contributed by atoms with Crippen molar-refractivity contribution in [1.29, 1.82) is 0 Å². The lowest BCUT2D eigenvalue weighted by atomic mass is 10.1. The number of rotatable bonds is 3. The molecule has 0 spiro atoms.